The Morgan fingerprint density at radius 2 is 2.46 bits per heavy atom. The molecule has 13 heavy (non-hydrogen) atoms. The highest BCUT2D eigenvalue weighted by atomic mass is 15.2. The van der Waals surface area contributed by atoms with Crippen LogP contribution >= 0.6 is 0 Å². The van der Waals surface area contributed by atoms with E-state index in [4.69, 9.17) is 5.73 Å². The first-order chi connectivity index (χ1) is 6.15. The summed E-state index contributed by atoms with van der Waals surface area (Å²) in [6.45, 7) is 5.67. The van der Waals surface area contributed by atoms with Crippen molar-refractivity contribution in [3.8, 4) is 0 Å². The fourth-order valence-corrected chi connectivity index (χ4v) is 1.43. The molecule has 1 unspecified atom stereocenters. The van der Waals surface area contributed by atoms with Crippen molar-refractivity contribution >= 4 is 0 Å². The third-order valence-electron chi connectivity index (χ3n) is 2.13. The number of hydrogen-bond donors (Lipinski definition) is 1. The number of nitrogens with two attached hydrogens (primary N) is 1. The number of rotatable bonds is 4. The lowest BCUT2D eigenvalue weighted by Gasteiger charge is -2.08. The van der Waals surface area contributed by atoms with E-state index < -0.39 is 0 Å². The average Bonchev–Trinajstić information content (AvgIpc) is 2.41. The van der Waals surface area contributed by atoms with Crippen LogP contribution in [0.15, 0.2) is 18.9 Å². The van der Waals surface area contributed by atoms with Gasteiger partial charge < -0.3 is 5.73 Å². The standard InChI is InChI=1S/C10H17N3/c1-4-5-6-10(11)9-7-13(3)12-8(9)2/h4,7,10H,1,5-6,11H2,2-3H3. The molecule has 0 aliphatic rings. The summed E-state index contributed by atoms with van der Waals surface area (Å²) in [5.74, 6) is 0. The van der Waals surface area contributed by atoms with Gasteiger partial charge in [-0.3, -0.25) is 4.68 Å². The summed E-state index contributed by atoms with van der Waals surface area (Å²) in [6.07, 6.45) is 5.78. The van der Waals surface area contributed by atoms with E-state index in [1.54, 1.807) is 4.68 Å². The molecule has 0 bridgehead atoms. The molecule has 1 aromatic rings. The molecule has 2 N–H and O–H groups in total. The molecule has 0 saturated heterocycles. The Morgan fingerprint density at radius 1 is 1.77 bits per heavy atom. The molecule has 3 nitrogen and oxygen atoms in total. The number of hydrogen-bond acceptors (Lipinski definition) is 2. The van der Waals surface area contributed by atoms with E-state index >= 15 is 0 Å². The largest absolute Gasteiger partial charge is 0.324 e. The van der Waals surface area contributed by atoms with Crippen LogP contribution in [0, 0.1) is 6.92 Å². The molecule has 1 heterocycles. The van der Waals surface area contributed by atoms with Gasteiger partial charge in [-0.1, -0.05) is 6.08 Å². The van der Waals surface area contributed by atoms with Crippen molar-refractivity contribution in [3.63, 3.8) is 0 Å². The Hall–Kier alpha value is -1.09. The van der Waals surface area contributed by atoms with Gasteiger partial charge in [-0.15, -0.1) is 6.58 Å². The maximum atomic E-state index is 5.99. The van der Waals surface area contributed by atoms with Gasteiger partial charge in [-0.2, -0.15) is 5.10 Å². The Labute approximate surface area is 79.2 Å². The van der Waals surface area contributed by atoms with Crippen LogP contribution in [-0.4, -0.2) is 9.78 Å². The summed E-state index contributed by atoms with van der Waals surface area (Å²) in [6, 6.07) is 0.0895. The first kappa shape index (κ1) is 9.99. The average molecular weight is 179 g/mol. The maximum Gasteiger partial charge on any atom is 0.0641 e. The zero-order chi connectivity index (χ0) is 9.84. The highest BCUT2D eigenvalue weighted by Gasteiger charge is 2.10. The van der Waals surface area contributed by atoms with Gasteiger partial charge in [0.1, 0.15) is 0 Å². The van der Waals surface area contributed by atoms with E-state index in [2.05, 4.69) is 11.7 Å². The molecular formula is C10H17N3. The smallest absolute Gasteiger partial charge is 0.0641 e. The zero-order valence-corrected chi connectivity index (χ0v) is 8.33. The van der Waals surface area contributed by atoms with Gasteiger partial charge in [0.15, 0.2) is 0 Å². The molecule has 0 fully saturated rings. The van der Waals surface area contributed by atoms with Crippen LogP contribution in [0.4, 0.5) is 0 Å². The first-order valence-electron chi connectivity index (χ1n) is 4.51. The van der Waals surface area contributed by atoms with Crippen LogP contribution in [0.25, 0.3) is 0 Å². The Bertz CT molecular complexity index is 288. The number of aryl methyl sites for hydroxylation is 2. The molecule has 0 radical (unpaired) electrons. The van der Waals surface area contributed by atoms with Gasteiger partial charge in [0.25, 0.3) is 0 Å². The van der Waals surface area contributed by atoms with Gasteiger partial charge in [-0.05, 0) is 19.8 Å². The summed E-state index contributed by atoms with van der Waals surface area (Å²) in [4.78, 5) is 0. The molecule has 1 rings (SSSR count). The Kier molecular flexibility index (Phi) is 3.25. The number of allylic oxidation sites excluding steroid dienone is 1. The molecule has 72 valence electrons. The first-order valence-corrected chi connectivity index (χ1v) is 4.51. The van der Waals surface area contributed by atoms with E-state index in [1.807, 2.05) is 26.2 Å². The van der Waals surface area contributed by atoms with Crippen LogP contribution < -0.4 is 5.73 Å². The third kappa shape index (κ3) is 2.42. The molecular weight excluding hydrogens is 162 g/mol. The molecule has 1 atom stereocenters. The van der Waals surface area contributed by atoms with Crippen LogP contribution in [0.1, 0.15) is 30.1 Å². The lowest BCUT2D eigenvalue weighted by molar-refractivity contribution is 0.657. The lowest BCUT2D eigenvalue weighted by Crippen LogP contribution is -2.10. The molecule has 0 aromatic carbocycles. The highest BCUT2D eigenvalue weighted by molar-refractivity contribution is 5.19. The summed E-state index contributed by atoms with van der Waals surface area (Å²) >= 11 is 0. The van der Waals surface area contributed by atoms with E-state index in [1.165, 1.54) is 0 Å². The van der Waals surface area contributed by atoms with Gasteiger partial charge in [-0.25, -0.2) is 0 Å². The maximum absolute atomic E-state index is 5.99. The van der Waals surface area contributed by atoms with Crippen molar-refractivity contribution < 1.29 is 0 Å². The van der Waals surface area contributed by atoms with Gasteiger partial charge in [0, 0.05) is 24.8 Å². The second-order valence-corrected chi connectivity index (χ2v) is 3.32. The quantitative estimate of drug-likeness (QED) is 0.715. The second kappa shape index (κ2) is 4.23. The Balaban J connectivity index is 2.69. The van der Waals surface area contributed by atoms with Crippen LogP contribution in [0.2, 0.25) is 0 Å². The highest BCUT2D eigenvalue weighted by Crippen LogP contribution is 2.18. The number of aromatic nitrogens is 2. The van der Waals surface area contributed by atoms with E-state index in [0.717, 1.165) is 24.1 Å². The molecule has 0 saturated carbocycles. The molecule has 0 amide bonds. The minimum absolute atomic E-state index is 0.0895. The van der Waals surface area contributed by atoms with E-state index in [-0.39, 0.29) is 6.04 Å². The molecule has 3 heteroatoms. The van der Waals surface area contributed by atoms with Crippen molar-refractivity contribution in [2.24, 2.45) is 12.8 Å². The molecule has 0 spiro atoms. The van der Waals surface area contributed by atoms with Crippen LogP contribution in [0.5, 0.6) is 0 Å². The fraction of sp³-hybridized carbons (Fsp3) is 0.500. The third-order valence-corrected chi connectivity index (χ3v) is 2.13. The second-order valence-electron chi connectivity index (χ2n) is 3.32. The van der Waals surface area contributed by atoms with E-state index in [9.17, 15) is 0 Å². The summed E-state index contributed by atoms with van der Waals surface area (Å²) in [5.41, 5.74) is 8.16. The van der Waals surface area contributed by atoms with Crippen LogP contribution in [0.3, 0.4) is 0 Å². The normalized spacial score (nSPS) is 12.8. The van der Waals surface area contributed by atoms with Crippen molar-refractivity contribution in [1.29, 1.82) is 0 Å². The molecule has 1 aromatic heterocycles. The number of nitrogens with zero attached hydrogens (tertiary/aromatic N) is 2. The van der Waals surface area contributed by atoms with E-state index in [0.29, 0.717) is 0 Å². The Morgan fingerprint density at radius 3 is 2.92 bits per heavy atom. The topological polar surface area (TPSA) is 43.8 Å². The minimum atomic E-state index is 0.0895. The van der Waals surface area contributed by atoms with Gasteiger partial charge in [0.2, 0.25) is 0 Å². The van der Waals surface area contributed by atoms with Crippen molar-refractivity contribution in [2.75, 3.05) is 0 Å². The van der Waals surface area contributed by atoms with Crippen molar-refractivity contribution in [1.82, 2.24) is 9.78 Å². The molecule has 0 aliphatic heterocycles. The monoisotopic (exact) mass is 179 g/mol. The predicted octanol–water partition coefficient (Wildman–Crippen LogP) is 1.69. The predicted molar refractivity (Wildman–Crippen MR) is 54.3 cm³/mol. The summed E-state index contributed by atoms with van der Waals surface area (Å²) < 4.78 is 1.80. The van der Waals surface area contributed by atoms with Gasteiger partial charge >= 0.3 is 0 Å². The van der Waals surface area contributed by atoms with Gasteiger partial charge in [0.05, 0.1) is 5.69 Å². The van der Waals surface area contributed by atoms with Crippen molar-refractivity contribution in [2.45, 2.75) is 25.8 Å². The molecule has 0 aliphatic carbocycles. The summed E-state index contributed by atoms with van der Waals surface area (Å²) in [5, 5.41) is 4.25. The SMILES string of the molecule is C=CCCC(N)c1cn(C)nc1C. The fourth-order valence-electron chi connectivity index (χ4n) is 1.43. The summed E-state index contributed by atoms with van der Waals surface area (Å²) in [7, 11) is 1.91. The van der Waals surface area contributed by atoms with Crippen LogP contribution in [-0.2, 0) is 7.05 Å². The zero-order valence-electron chi connectivity index (χ0n) is 8.33. The lowest BCUT2D eigenvalue weighted by atomic mass is 10.0. The van der Waals surface area contributed by atoms with Crippen molar-refractivity contribution in [3.05, 3.63) is 30.1 Å². The minimum Gasteiger partial charge on any atom is -0.324 e.